The molecule has 1 aromatic rings. The van der Waals surface area contributed by atoms with Crippen LogP contribution < -0.4 is 15.4 Å². The van der Waals surface area contributed by atoms with Gasteiger partial charge in [-0.15, -0.1) is 12.4 Å². The van der Waals surface area contributed by atoms with Gasteiger partial charge in [-0.2, -0.15) is 8.78 Å². The van der Waals surface area contributed by atoms with E-state index < -0.39 is 6.61 Å². The molecule has 136 valence electrons. The highest BCUT2D eigenvalue weighted by molar-refractivity contribution is 5.85. The van der Waals surface area contributed by atoms with E-state index in [2.05, 4.69) is 15.4 Å². The van der Waals surface area contributed by atoms with Crippen LogP contribution in [0.5, 0.6) is 5.75 Å². The molecule has 0 saturated carbocycles. The molecule has 1 heterocycles. The molecule has 1 saturated heterocycles. The Bertz CT molecular complexity index is 511. The molecule has 2 N–H and O–H groups in total. The van der Waals surface area contributed by atoms with Crippen LogP contribution in [0, 0.1) is 5.92 Å². The molecule has 2 unspecified atom stereocenters. The van der Waals surface area contributed by atoms with Crippen LogP contribution in [0.2, 0.25) is 0 Å². The minimum Gasteiger partial charge on any atom is -0.434 e. The number of carbonyl (C=O) groups excluding carboxylic acids is 1. The first-order valence-corrected chi connectivity index (χ1v) is 8.14. The van der Waals surface area contributed by atoms with Gasteiger partial charge in [0.25, 0.3) is 0 Å². The Morgan fingerprint density at radius 3 is 2.79 bits per heavy atom. The second-order valence-corrected chi connectivity index (χ2v) is 5.84. The van der Waals surface area contributed by atoms with Crippen molar-refractivity contribution in [3.63, 3.8) is 0 Å². The lowest BCUT2D eigenvalue weighted by molar-refractivity contribution is -0.122. The maximum Gasteiger partial charge on any atom is 0.387 e. The monoisotopic (exact) mass is 362 g/mol. The fourth-order valence-electron chi connectivity index (χ4n) is 2.93. The minimum atomic E-state index is -2.88. The van der Waals surface area contributed by atoms with Crippen LogP contribution in [-0.2, 0) is 4.79 Å². The molecule has 1 amide bonds. The standard InChI is InChI=1S/C17H24F2N2O2.ClH/c1-2-14(13-5-3-4-6-15(13)23-17(18)19)21-16(22)8-7-12-9-10-20-11-12;/h3-6,12,14,17,20H,2,7-11H2,1H3,(H,21,22);1H. The first-order valence-electron chi connectivity index (χ1n) is 8.14. The van der Waals surface area contributed by atoms with Crippen molar-refractivity contribution >= 4 is 18.3 Å². The maximum atomic E-state index is 12.5. The van der Waals surface area contributed by atoms with Crippen LogP contribution in [0.15, 0.2) is 24.3 Å². The smallest absolute Gasteiger partial charge is 0.387 e. The third-order valence-electron chi connectivity index (χ3n) is 4.20. The molecule has 0 aliphatic carbocycles. The summed E-state index contributed by atoms with van der Waals surface area (Å²) < 4.78 is 29.6. The number of para-hydroxylation sites is 1. The fourth-order valence-corrected chi connectivity index (χ4v) is 2.93. The van der Waals surface area contributed by atoms with E-state index in [0.29, 0.717) is 24.3 Å². The predicted octanol–water partition coefficient (Wildman–Crippen LogP) is 3.67. The lowest BCUT2D eigenvalue weighted by atomic mass is 10.0. The molecular formula is C17H25ClF2N2O2. The molecule has 0 spiro atoms. The normalized spacial score (nSPS) is 18.1. The molecule has 0 bridgehead atoms. The second kappa shape index (κ2) is 10.5. The molecule has 7 heteroatoms. The minimum absolute atomic E-state index is 0. The van der Waals surface area contributed by atoms with E-state index >= 15 is 0 Å². The predicted molar refractivity (Wildman–Crippen MR) is 91.7 cm³/mol. The molecule has 4 nitrogen and oxygen atoms in total. The number of amides is 1. The number of hydrogen-bond acceptors (Lipinski definition) is 3. The van der Waals surface area contributed by atoms with Gasteiger partial charge in [0.15, 0.2) is 0 Å². The lowest BCUT2D eigenvalue weighted by Gasteiger charge is -2.21. The van der Waals surface area contributed by atoms with Crippen LogP contribution in [0.25, 0.3) is 0 Å². The van der Waals surface area contributed by atoms with E-state index in [1.165, 1.54) is 6.07 Å². The third-order valence-corrected chi connectivity index (χ3v) is 4.20. The zero-order valence-electron chi connectivity index (χ0n) is 13.8. The summed E-state index contributed by atoms with van der Waals surface area (Å²) in [6.07, 6.45) is 3.03. The van der Waals surface area contributed by atoms with Crippen molar-refractivity contribution in [2.45, 2.75) is 45.3 Å². The number of rotatable bonds is 8. The van der Waals surface area contributed by atoms with Crippen molar-refractivity contribution in [1.29, 1.82) is 0 Å². The van der Waals surface area contributed by atoms with E-state index in [0.717, 1.165) is 25.9 Å². The molecule has 1 aliphatic rings. The number of halogens is 3. The van der Waals surface area contributed by atoms with Crippen molar-refractivity contribution in [2.24, 2.45) is 5.92 Å². The molecule has 1 fully saturated rings. The van der Waals surface area contributed by atoms with Crippen LogP contribution in [0.1, 0.15) is 44.2 Å². The van der Waals surface area contributed by atoms with Crippen LogP contribution >= 0.6 is 12.4 Å². The van der Waals surface area contributed by atoms with Gasteiger partial charge in [-0.1, -0.05) is 25.1 Å². The van der Waals surface area contributed by atoms with Gasteiger partial charge in [-0.05, 0) is 44.3 Å². The van der Waals surface area contributed by atoms with Crippen LogP contribution in [0.3, 0.4) is 0 Å². The molecule has 24 heavy (non-hydrogen) atoms. The number of ether oxygens (including phenoxy) is 1. The van der Waals surface area contributed by atoms with Crippen molar-refractivity contribution in [2.75, 3.05) is 13.1 Å². The summed E-state index contributed by atoms with van der Waals surface area (Å²) in [5.41, 5.74) is 0.589. The average Bonchev–Trinajstić information content (AvgIpc) is 3.04. The second-order valence-electron chi connectivity index (χ2n) is 5.84. The summed E-state index contributed by atoms with van der Waals surface area (Å²) in [5, 5.41) is 6.22. The Labute approximate surface area is 147 Å². The Morgan fingerprint density at radius 1 is 1.42 bits per heavy atom. The first-order chi connectivity index (χ1) is 11.1. The van der Waals surface area contributed by atoms with E-state index in [9.17, 15) is 13.6 Å². The SMILES string of the molecule is CCC(NC(=O)CCC1CCNC1)c1ccccc1OC(F)F.Cl. The van der Waals surface area contributed by atoms with Gasteiger partial charge in [-0.3, -0.25) is 4.79 Å². The van der Waals surface area contributed by atoms with E-state index in [1.807, 2.05) is 6.92 Å². The number of benzene rings is 1. The van der Waals surface area contributed by atoms with Gasteiger partial charge in [0.1, 0.15) is 5.75 Å². The highest BCUT2D eigenvalue weighted by atomic mass is 35.5. The highest BCUT2D eigenvalue weighted by Crippen LogP contribution is 2.28. The lowest BCUT2D eigenvalue weighted by Crippen LogP contribution is -2.29. The quantitative estimate of drug-likeness (QED) is 0.742. The van der Waals surface area contributed by atoms with Crippen LogP contribution in [0.4, 0.5) is 8.78 Å². The third kappa shape index (κ3) is 6.24. The molecule has 2 rings (SSSR count). The Hall–Kier alpha value is -1.40. The Balaban J connectivity index is 0.00000288. The van der Waals surface area contributed by atoms with Gasteiger partial charge in [0.05, 0.1) is 6.04 Å². The maximum absolute atomic E-state index is 12.5. The number of hydrogen-bond donors (Lipinski definition) is 2. The van der Waals surface area contributed by atoms with Gasteiger partial charge in [-0.25, -0.2) is 0 Å². The summed E-state index contributed by atoms with van der Waals surface area (Å²) in [7, 11) is 0. The molecule has 0 aromatic heterocycles. The van der Waals surface area contributed by atoms with Crippen molar-refractivity contribution in [1.82, 2.24) is 10.6 Å². The number of carbonyl (C=O) groups is 1. The molecular weight excluding hydrogens is 338 g/mol. The molecule has 0 radical (unpaired) electrons. The average molecular weight is 363 g/mol. The summed E-state index contributed by atoms with van der Waals surface area (Å²) in [4.78, 5) is 12.2. The van der Waals surface area contributed by atoms with Gasteiger partial charge in [0.2, 0.25) is 5.91 Å². The number of nitrogens with one attached hydrogen (secondary N) is 2. The van der Waals surface area contributed by atoms with Crippen molar-refractivity contribution in [3.8, 4) is 5.75 Å². The fraction of sp³-hybridized carbons (Fsp3) is 0.588. The highest BCUT2D eigenvalue weighted by Gasteiger charge is 2.20. The molecule has 1 aromatic carbocycles. The zero-order valence-corrected chi connectivity index (χ0v) is 14.6. The van der Waals surface area contributed by atoms with Gasteiger partial charge < -0.3 is 15.4 Å². The van der Waals surface area contributed by atoms with Crippen LogP contribution in [-0.4, -0.2) is 25.6 Å². The molecule has 2 atom stereocenters. The Morgan fingerprint density at radius 2 is 2.17 bits per heavy atom. The summed E-state index contributed by atoms with van der Waals surface area (Å²) in [5.74, 6) is 0.625. The topological polar surface area (TPSA) is 50.4 Å². The van der Waals surface area contributed by atoms with Gasteiger partial charge in [0, 0.05) is 12.0 Å². The van der Waals surface area contributed by atoms with Crippen molar-refractivity contribution < 1.29 is 18.3 Å². The Kier molecular flexibility index (Phi) is 9.00. The summed E-state index contributed by atoms with van der Waals surface area (Å²) >= 11 is 0. The summed E-state index contributed by atoms with van der Waals surface area (Å²) in [6.45, 7) is 1.02. The van der Waals surface area contributed by atoms with Gasteiger partial charge >= 0.3 is 6.61 Å². The largest absolute Gasteiger partial charge is 0.434 e. The van der Waals surface area contributed by atoms with Crippen molar-refractivity contribution in [3.05, 3.63) is 29.8 Å². The first kappa shape index (κ1) is 20.6. The molecule has 1 aliphatic heterocycles. The van der Waals surface area contributed by atoms with E-state index in [-0.39, 0.29) is 30.1 Å². The van der Waals surface area contributed by atoms with E-state index in [4.69, 9.17) is 0 Å². The number of alkyl halides is 2. The summed E-state index contributed by atoms with van der Waals surface area (Å²) in [6, 6.07) is 6.29. The van der Waals surface area contributed by atoms with E-state index in [1.54, 1.807) is 18.2 Å². The zero-order chi connectivity index (χ0) is 16.7.